The Morgan fingerprint density at radius 1 is 0.789 bits per heavy atom. The van der Waals surface area contributed by atoms with Crippen molar-refractivity contribution in [2.45, 2.75) is 36.0 Å². The normalized spacial score (nSPS) is 17.7. The van der Waals surface area contributed by atoms with Crippen molar-refractivity contribution >= 4 is 10.0 Å². The van der Waals surface area contributed by atoms with Crippen LogP contribution in [-0.2, 0) is 5.41 Å². The van der Waals surface area contributed by atoms with E-state index >= 15 is 0 Å². The van der Waals surface area contributed by atoms with Crippen LogP contribution in [0.25, 0.3) is 11.1 Å². The molecule has 1 heterocycles. The van der Waals surface area contributed by atoms with Crippen LogP contribution in [0, 0.1) is 0 Å². The highest BCUT2D eigenvalue weighted by Gasteiger charge is 2.32. The Bertz CT molecular complexity index is 645. The predicted octanol–water partition coefficient (Wildman–Crippen LogP) is 5.45. The lowest BCUT2D eigenvalue weighted by atomic mass is 9.85. The second-order valence-corrected chi connectivity index (χ2v) is 10.3. The summed E-state index contributed by atoms with van der Waals surface area (Å²) >= 11 is 0. The molecule has 0 N–H and O–H groups in total. The summed E-state index contributed by atoms with van der Waals surface area (Å²) in [6.07, 6.45) is 4.82. The first kappa shape index (κ1) is 12.8. The Hall–Kier alpha value is -1.21. The molecule has 3 rings (SSSR count). The first-order valence-electron chi connectivity index (χ1n) is 6.79. The number of fused-ring (bicyclic) bond motifs is 3. The van der Waals surface area contributed by atoms with E-state index < -0.39 is 10.0 Å². The summed E-state index contributed by atoms with van der Waals surface area (Å²) in [5, 5.41) is 0. The van der Waals surface area contributed by atoms with E-state index in [0.717, 1.165) is 0 Å². The van der Waals surface area contributed by atoms with E-state index in [4.69, 9.17) is 0 Å². The van der Waals surface area contributed by atoms with Gasteiger partial charge in [0.2, 0.25) is 0 Å². The minimum Gasteiger partial charge on any atom is -0.192 e. The summed E-state index contributed by atoms with van der Waals surface area (Å²) in [5.41, 5.74) is 4.55. The number of hydrogen-bond acceptors (Lipinski definition) is 0. The third kappa shape index (κ3) is 1.83. The Kier molecular flexibility index (Phi) is 2.62. The van der Waals surface area contributed by atoms with Gasteiger partial charge >= 0.3 is 0 Å². The number of rotatable bonds is 0. The fourth-order valence-corrected chi connectivity index (χ4v) is 5.41. The smallest absolute Gasteiger partial charge is 0.00155 e. The van der Waals surface area contributed by atoms with Gasteiger partial charge in [0.25, 0.3) is 0 Å². The van der Waals surface area contributed by atoms with E-state index in [9.17, 15) is 0 Å². The summed E-state index contributed by atoms with van der Waals surface area (Å²) in [6, 6.07) is 16.0. The van der Waals surface area contributed by atoms with E-state index in [1.165, 1.54) is 21.6 Å². The maximum absolute atomic E-state index is 2.41. The maximum Gasteiger partial charge on any atom is 0.00155 e. The van der Waals surface area contributed by atoms with Gasteiger partial charge in [-0.25, -0.2) is 0 Å². The van der Waals surface area contributed by atoms with Gasteiger partial charge < -0.3 is 0 Å². The molecule has 0 radical (unpaired) electrons. The molecule has 0 unspecified atom stereocenters. The van der Waals surface area contributed by atoms with Crippen LogP contribution in [0.4, 0.5) is 0 Å². The summed E-state index contributed by atoms with van der Waals surface area (Å²) in [7, 11) is -0.827. The highest BCUT2D eigenvalue weighted by atomic mass is 32.3. The lowest BCUT2D eigenvalue weighted by Gasteiger charge is -2.28. The highest BCUT2D eigenvalue weighted by Crippen LogP contribution is 2.67. The van der Waals surface area contributed by atoms with Crippen molar-refractivity contribution < 1.29 is 0 Å². The van der Waals surface area contributed by atoms with Crippen LogP contribution in [0.3, 0.4) is 0 Å². The maximum atomic E-state index is 2.41. The van der Waals surface area contributed by atoms with Crippen LogP contribution in [-0.4, -0.2) is 12.5 Å². The number of hydrogen-bond donors (Lipinski definition) is 0. The van der Waals surface area contributed by atoms with Crippen molar-refractivity contribution in [3.8, 4) is 11.1 Å². The van der Waals surface area contributed by atoms with Gasteiger partial charge in [-0.05, 0) is 52.8 Å². The van der Waals surface area contributed by atoms with Crippen molar-refractivity contribution in [2.75, 3.05) is 12.5 Å². The minimum absolute atomic E-state index is 0.214. The quantitative estimate of drug-likeness (QED) is 0.597. The van der Waals surface area contributed by atoms with Gasteiger partial charge in [-0.2, -0.15) is 10.0 Å². The fourth-order valence-electron chi connectivity index (χ4n) is 2.90. The topological polar surface area (TPSA) is 0 Å². The molecule has 0 bridgehead atoms. The van der Waals surface area contributed by atoms with Gasteiger partial charge in [-0.1, -0.05) is 45.0 Å². The zero-order valence-corrected chi connectivity index (χ0v) is 13.3. The molecule has 0 amide bonds. The Balaban J connectivity index is 2.29. The molecule has 100 valence electrons. The largest absolute Gasteiger partial charge is 0.192 e. The molecule has 0 atom stereocenters. The van der Waals surface area contributed by atoms with E-state index in [-0.39, 0.29) is 5.41 Å². The van der Waals surface area contributed by atoms with Crippen LogP contribution >= 0.6 is 10.0 Å². The lowest BCUT2D eigenvalue weighted by molar-refractivity contribution is 0.590. The molecule has 1 aliphatic rings. The van der Waals surface area contributed by atoms with Gasteiger partial charge in [0.15, 0.2) is 0 Å². The molecular weight excluding hydrogens is 248 g/mol. The minimum atomic E-state index is -0.827. The van der Waals surface area contributed by atoms with Gasteiger partial charge in [0.05, 0.1) is 0 Å². The summed E-state index contributed by atoms with van der Waals surface area (Å²) in [4.78, 5) is 3.08. The Morgan fingerprint density at radius 2 is 1.42 bits per heavy atom. The molecule has 0 aliphatic carbocycles. The third-order valence-electron chi connectivity index (χ3n) is 4.12. The van der Waals surface area contributed by atoms with Crippen molar-refractivity contribution in [2.24, 2.45) is 0 Å². The molecule has 0 saturated heterocycles. The molecule has 2 aromatic carbocycles. The molecular formula is C18H22S. The highest BCUT2D eigenvalue weighted by molar-refractivity contribution is 8.33. The Labute approximate surface area is 118 Å². The molecule has 1 aliphatic heterocycles. The van der Waals surface area contributed by atoms with Crippen LogP contribution in [0.15, 0.2) is 52.3 Å². The number of benzene rings is 2. The summed E-state index contributed by atoms with van der Waals surface area (Å²) in [6.45, 7) is 6.86. The fraction of sp³-hybridized carbons (Fsp3) is 0.333. The van der Waals surface area contributed by atoms with Crippen molar-refractivity contribution in [3.05, 3.63) is 48.0 Å². The Morgan fingerprint density at radius 3 is 2.11 bits per heavy atom. The van der Waals surface area contributed by atoms with Gasteiger partial charge in [-0.3, -0.25) is 0 Å². The zero-order chi connectivity index (χ0) is 13.8. The van der Waals surface area contributed by atoms with E-state index in [0.29, 0.717) is 0 Å². The van der Waals surface area contributed by atoms with Gasteiger partial charge in [0.1, 0.15) is 0 Å². The second kappa shape index (κ2) is 3.89. The first-order valence-corrected chi connectivity index (χ1v) is 9.24. The summed E-state index contributed by atoms with van der Waals surface area (Å²) in [5.74, 6) is 0. The van der Waals surface area contributed by atoms with Gasteiger partial charge in [-0.15, -0.1) is 0 Å². The van der Waals surface area contributed by atoms with Gasteiger partial charge in [0, 0.05) is 9.79 Å². The van der Waals surface area contributed by atoms with Crippen LogP contribution in [0.2, 0.25) is 0 Å². The molecule has 0 spiro atoms. The molecule has 0 fully saturated rings. The third-order valence-corrected chi connectivity index (χ3v) is 7.03. The predicted molar refractivity (Wildman–Crippen MR) is 86.5 cm³/mol. The standard InChI is InChI=1S/C18H22S/c1-18(2,3)13-10-11-17-15(12-13)14-8-6-7-9-16(14)19(17,4)5/h6-12H,1-5H3. The molecule has 0 nitrogen and oxygen atoms in total. The second-order valence-electron chi connectivity index (χ2n) is 6.78. The van der Waals surface area contributed by atoms with Crippen molar-refractivity contribution in [1.29, 1.82) is 0 Å². The lowest BCUT2D eigenvalue weighted by Crippen LogP contribution is -2.11. The van der Waals surface area contributed by atoms with E-state index in [1.54, 1.807) is 4.90 Å². The summed E-state index contributed by atoms with van der Waals surface area (Å²) < 4.78 is 0. The molecule has 0 aromatic heterocycles. The molecule has 0 saturated carbocycles. The average molecular weight is 270 g/mol. The monoisotopic (exact) mass is 270 g/mol. The average Bonchev–Trinajstić information content (AvgIpc) is 2.58. The first-order chi connectivity index (χ1) is 8.82. The van der Waals surface area contributed by atoms with E-state index in [1.807, 2.05) is 0 Å². The molecule has 1 heteroatoms. The van der Waals surface area contributed by atoms with E-state index in [2.05, 4.69) is 75.7 Å². The molecule has 19 heavy (non-hydrogen) atoms. The molecule has 2 aromatic rings. The van der Waals surface area contributed by atoms with Crippen LogP contribution in [0.5, 0.6) is 0 Å². The van der Waals surface area contributed by atoms with Crippen LogP contribution in [0.1, 0.15) is 26.3 Å². The van der Waals surface area contributed by atoms with Crippen molar-refractivity contribution in [3.63, 3.8) is 0 Å². The van der Waals surface area contributed by atoms with Crippen molar-refractivity contribution in [1.82, 2.24) is 0 Å². The zero-order valence-electron chi connectivity index (χ0n) is 12.4. The SMILES string of the molecule is CC(C)(C)c1ccc2c(c1)-c1ccccc1S2(C)C. The van der Waals surface area contributed by atoms with Crippen LogP contribution < -0.4 is 0 Å².